The van der Waals surface area contributed by atoms with Gasteiger partial charge in [0, 0.05) is 19.7 Å². The molecule has 0 radical (unpaired) electrons. The lowest BCUT2D eigenvalue weighted by molar-refractivity contribution is -0.147. The van der Waals surface area contributed by atoms with Crippen molar-refractivity contribution in [2.24, 2.45) is 0 Å². The molecule has 0 aliphatic heterocycles. The van der Waals surface area contributed by atoms with Gasteiger partial charge in [-0.1, -0.05) is 12.1 Å². The molecule has 0 N–H and O–H groups in total. The Morgan fingerprint density at radius 2 is 1.92 bits per heavy atom. The Morgan fingerprint density at radius 1 is 1.25 bits per heavy atom. The van der Waals surface area contributed by atoms with Crippen molar-refractivity contribution in [1.82, 2.24) is 4.90 Å². The van der Waals surface area contributed by atoms with E-state index in [1.54, 1.807) is 24.3 Å². The maximum absolute atomic E-state index is 11.6. The molecule has 0 heterocycles. The molecule has 0 aromatic heterocycles. The first-order valence-electron chi connectivity index (χ1n) is 7.12. The zero-order chi connectivity index (χ0) is 17.9. The topological polar surface area (TPSA) is 96.7 Å². The van der Waals surface area contributed by atoms with Crippen LogP contribution in [0.5, 0.6) is 0 Å². The van der Waals surface area contributed by atoms with E-state index in [2.05, 4.69) is 4.74 Å². The molecule has 0 aliphatic rings. The van der Waals surface area contributed by atoms with Crippen LogP contribution in [0.25, 0.3) is 6.08 Å². The van der Waals surface area contributed by atoms with Crippen molar-refractivity contribution in [2.45, 2.75) is 6.42 Å². The van der Waals surface area contributed by atoms with E-state index >= 15 is 0 Å². The van der Waals surface area contributed by atoms with Gasteiger partial charge in [-0.3, -0.25) is 4.79 Å². The molecule has 24 heavy (non-hydrogen) atoms. The highest BCUT2D eigenvalue weighted by Crippen LogP contribution is 2.07. The minimum Gasteiger partial charge on any atom is -0.465 e. The summed E-state index contributed by atoms with van der Waals surface area (Å²) in [5, 5.41) is 8.45. The summed E-state index contributed by atoms with van der Waals surface area (Å²) in [4.78, 5) is 35.8. The van der Waals surface area contributed by atoms with Gasteiger partial charge < -0.3 is 14.4 Å². The number of carbonyl (C=O) groups is 3. The van der Waals surface area contributed by atoms with Crippen molar-refractivity contribution in [3.05, 3.63) is 41.5 Å². The first-order chi connectivity index (χ1) is 11.5. The fourth-order valence-corrected chi connectivity index (χ4v) is 1.65. The van der Waals surface area contributed by atoms with Gasteiger partial charge in [0.15, 0.2) is 6.61 Å². The van der Waals surface area contributed by atoms with Crippen molar-refractivity contribution in [1.29, 1.82) is 5.26 Å². The maximum atomic E-state index is 11.6. The molecular weight excluding hydrogens is 312 g/mol. The first kappa shape index (κ1) is 18.9. The molecule has 0 atom stereocenters. The molecule has 0 spiro atoms. The van der Waals surface area contributed by atoms with Crippen molar-refractivity contribution in [3.63, 3.8) is 0 Å². The molecule has 7 nitrogen and oxygen atoms in total. The predicted octanol–water partition coefficient (Wildman–Crippen LogP) is 1.40. The number of likely N-dealkylation sites (N-methyl/N-ethyl adjacent to an activating group) is 1. The van der Waals surface area contributed by atoms with E-state index in [-0.39, 0.29) is 25.5 Å². The standard InChI is InChI=1S/C17H18N2O5/c1-19(11-3-10-18)15(20)12-24-16(21)9-6-13-4-7-14(8-5-13)17(22)23-2/h4-9H,3,11-12H2,1-2H3/b9-6+. The third-order valence-electron chi connectivity index (χ3n) is 3.07. The van der Waals surface area contributed by atoms with Crippen LogP contribution in [0.2, 0.25) is 0 Å². The number of ether oxygens (including phenoxy) is 2. The summed E-state index contributed by atoms with van der Waals surface area (Å²) in [7, 11) is 2.83. The van der Waals surface area contributed by atoms with Crippen LogP contribution in [0.4, 0.5) is 0 Å². The normalized spacial score (nSPS) is 10.0. The molecule has 126 valence electrons. The number of rotatable bonds is 7. The average molecular weight is 330 g/mol. The van der Waals surface area contributed by atoms with E-state index < -0.39 is 11.9 Å². The molecule has 1 aromatic carbocycles. The van der Waals surface area contributed by atoms with Gasteiger partial charge in [0.05, 0.1) is 25.2 Å². The Kier molecular flexibility index (Phi) is 7.71. The number of hydrogen-bond acceptors (Lipinski definition) is 6. The minimum absolute atomic E-state index is 0.220. The van der Waals surface area contributed by atoms with Gasteiger partial charge in [-0.2, -0.15) is 5.26 Å². The molecule has 1 amide bonds. The van der Waals surface area contributed by atoms with Crippen molar-refractivity contribution >= 4 is 23.9 Å². The smallest absolute Gasteiger partial charge is 0.337 e. The molecular formula is C17H18N2O5. The SMILES string of the molecule is COC(=O)c1ccc(/C=C/C(=O)OCC(=O)N(C)CCC#N)cc1. The summed E-state index contributed by atoms with van der Waals surface area (Å²) >= 11 is 0. The monoisotopic (exact) mass is 330 g/mol. The lowest BCUT2D eigenvalue weighted by atomic mass is 10.1. The van der Waals surface area contributed by atoms with Crippen LogP contribution in [0.1, 0.15) is 22.3 Å². The molecule has 0 saturated carbocycles. The van der Waals surface area contributed by atoms with Crippen molar-refractivity contribution in [2.75, 3.05) is 27.3 Å². The number of benzene rings is 1. The van der Waals surface area contributed by atoms with Crippen LogP contribution in [0, 0.1) is 11.3 Å². The fourth-order valence-electron chi connectivity index (χ4n) is 1.65. The number of esters is 2. The Hall–Kier alpha value is -3.14. The van der Waals surface area contributed by atoms with E-state index in [1.165, 1.54) is 31.2 Å². The van der Waals surface area contributed by atoms with E-state index in [0.29, 0.717) is 11.1 Å². The van der Waals surface area contributed by atoms with Crippen LogP contribution >= 0.6 is 0 Å². The van der Waals surface area contributed by atoms with Gasteiger partial charge in [0.2, 0.25) is 0 Å². The van der Waals surface area contributed by atoms with Crippen LogP contribution in [0.15, 0.2) is 30.3 Å². The summed E-state index contributed by atoms with van der Waals surface area (Å²) in [5.74, 6) is -1.48. The van der Waals surface area contributed by atoms with Gasteiger partial charge in [0.1, 0.15) is 0 Å². The molecule has 1 aromatic rings. The molecule has 1 rings (SSSR count). The summed E-state index contributed by atoms with van der Waals surface area (Å²) in [6, 6.07) is 8.38. The quantitative estimate of drug-likeness (QED) is 0.554. The van der Waals surface area contributed by atoms with Crippen LogP contribution in [0.3, 0.4) is 0 Å². The minimum atomic E-state index is -0.658. The highest BCUT2D eigenvalue weighted by molar-refractivity contribution is 5.91. The van der Waals surface area contributed by atoms with Crippen molar-refractivity contribution in [3.8, 4) is 6.07 Å². The summed E-state index contributed by atoms with van der Waals surface area (Å²) in [6.07, 6.45) is 2.92. The second-order valence-electron chi connectivity index (χ2n) is 4.78. The predicted molar refractivity (Wildman–Crippen MR) is 85.6 cm³/mol. The maximum Gasteiger partial charge on any atom is 0.337 e. The summed E-state index contributed by atoms with van der Waals surface area (Å²) < 4.78 is 9.42. The Labute approximate surface area is 140 Å². The van der Waals surface area contributed by atoms with E-state index in [0.717, 1.165) is 0 Å². The van der Waals surface area contributed by atoms with E-state index in [1.807, 2.05) is 6.07 Å². The van der Waals surface area contributed by atoms with E-state index in [4.69, 9.17) is 10.00 Å². The average Bonchev–Trinajstić information content (AvgIpc) is 2.61. The Balaban J connectivity index is 2.47. The molecule has 0 unspecified atom stereocenters. The van der Waals surface area contributed by atoms with Gasteiger partial charge in [-0.05, 0) is 23.8 Å². The second-order valence-corrected chi connectivity index (χ2v) is 4.78. The number of hydrogen-bond donors (Lipinski definition) is 0. The van der Waals surface area contributed by atoms with Crippen LogP contribution in [-0.4, -0.2) is 50.1 Å². The summed E-state index contributed by atoms with van der Waals surface area (Å²) in [5.41, 5.74) is 1.10. The number of methoxy groups -OCH3 is 1. The molecule has 0 aliphatic carbocycles. The summed E-state index contributed by atoms with van der Waals surface area (Å²) in [6.45, 7) is -0.0956. The highest BCUT2D eigenvalue weighted by Gasteiger charge is 2.10. The number of nitrogens with zero attached hydrogens (tertiary/aromatic N) is 2. The first-order valence-corrected chi connectivity index (χ1v) is 7.12. The molecule has 0 bridgehead atoms. The van der Waals surface area contributed by atoms with Gasteiger partial charge in [0.25, 0.3) is 5.91 Å². The zero-order valence-electron chi connectivity index (χ0n) is 13.5. The Bertz CT molecular complexity index is 659. The number of nitriles is 1. The van der Waals surface area contributed by atoms with Gasteiger partial charge in [-0.15, -0.1) is 0 Å². The number of amides is 1. The molecule has 0 saturated heterocycles. The Morgan fingerprint density at radius 3 is 2.50 bits per heavy atom. The highest BCUT2D eigenvalue weighted by atomic mass is 16.5. The number of carbonyl (C=O) groups excluding carboxylic acids is 3. The van der Waals surface area contributed by atoms with Gasteiger partial charge >= 0.3 is 11.9 Å². The second kappa shape index (κ2) is 9.79. The zero-order valence-corrected chi connectivity index (χ0v) is 13.5. The van der Waals surface area contributed by atoms with Crippen molar-refractivity contribution < 1.29 is 23.9 Å². The van der Waals surface area contributed by atoms with Crippen LogP contribution < -0.4 is 0 Å². The largest absolute Gasteiger partial charge is 0.465 e. The van der Waals surface area contributed by atoms with E-state index in [9.17, 15) is 14.4 Å². The lowest BCUT2D eigenvalue weighted by Gasteiger charge is -2.14. The fraction of sp³-hybridized carbons (Fsp3) is 0.294. The third-order valence-corrected chi connectivity index (χ3v) is 3.07. The molecule has 7 heteroatoms. The lowest BCUT2D eigenvalue weighted by Crippen LogP contribution is -2.31. The van der Waals surface area contributed by atoms with Gasteiger partial charge in [-0.25, -0.2) is 9.59 Å². The van der Waals surface area contributed by atoms with Crippen LogP contribution in [-0.2, 0) is 19.1 Å². The third kappa shape index (κ3) is 6.32. The molecule has 0 fully saturated rings.